The quantitative estimate of drug-likeness (QED) is 0.762. The lowest BCUT2D eigenvalue weighted by Crippen LogP contribution is -2.12. The van der Waals surface area contributed by atoms with Crippen LogP contribution in [0.5, 0.6) is 0 Å². The van der Waals surface area contributed by atoms with Gasteiger partial charge in [-0.25, -0.2) is 0 Å². The summed E-state index contributed by atoms with van der Waals surface area (Å²) in [4.78, 5) is 23.1. The van der Waals surface area contributed by atoms with E-state index >= 15 is 0 Å². The Labute approximate surface area is 127 Å². The zero-order valence-corrected chi connectivity index (χ0v) is 12.1. The standard InChI is InChI=1S/C15H14ClN3O2/c1-9(20)18-11-3-2-4-12(8-11)19-15(21)10-5-6-14(17)13(16)7-10/h2-8H,17H2,1H3,(H,18,20)(H,19,21). The second kappa shape index (κ2) is 6.28. The molecule has 6 heteroatoms. The van der Waals surface area contributed by atoms with E-state index in [-0.39, 0.29) is 11.8 Å². The molecule has 0 bridgehead atoms. The lowest BCUT2D eigenvalue weighted by molar-refractivity contribution is -0.114. The van der Waals surface area contributed by atoms with Crippen LogP contribution in [-0.2, 0) is 4.79 Å². The molecule has 0 aromatic heterocycles. The van der Waals surface area contributed by atoms with Crippen molar-refractivity contribution >= 4 is 40.5 Å². The van der Waals surface area contributed by atoms with Crippen LogP contribution in [0.25, 0.3) is 0 Å². The van der Waals surface area contributed by atoms with Crippen molar-refractivity contribution in [1.82, 2.24) is 0 Å². The second-order valence-electron chi connectivity index (χ2n) is 4.45. The van der Waals surface area contributed by atoms with Crippen LogP contribution in [0.3, 0.4) is 0 Å². The summed E-state index contributed by atoms with van der Waals surface area (Å²) < 4.78 is 0. The zero-order valence-electron chi connectivity index (χ0n) is 11.3. The molecule has 2 aromatic rings. The number of nitrogens with two attached hydrogens (primary N) is 1. The highest BCUT2D eigenvalue weighted by Crippen LogP contribution is 2.21. The van der Waals surface area contributed by atoms with Gasteiger partial charge in [0.1, 0.15) is 0 Å². The molecule has 0 fully saturated rings. The van der Waals surface area contributed by atoms with Gasteiger partial charge in [0.15, 0.2) is 0 Å². The minimum absolute atomic E-state index is 0.177. The Balaban J connectivity index is 2.15. The molecule has 2 rings (SSSR count). The molecule has 0 aliphatic carbocycles. The maximum absolute atomic E-state index is 12.1. The Hall–Kier alpha value is -2.53. The van der Waals surface area contributed by atoms with Crippen molar-refractivity contribution in [3.63, 3.8) is 0 Å². The number of amides is 2. The highest BCUT2D eigenvalue weighted by atomic mass is 35.5. The molecule has 0 heterocycles. The molecule has 0 spiro atoms. The number of nitrogen functional groups attached to an aromatic ring is 1. The lowest BCUT2D eigenvalue weighted by atomic mass is 10.2. The molecular weight excluding hydrogens is 290 g/mol. The van der Waals surface area contributed by atoms with Crippen molar-refractivity contribution in [3.8, 4) is 0 Å². The third-order valence-electron chi connectivity index (χ3n) is 2.70. The first-order chi connectivity index (χ1) is 9.95. The molecule has 0 unspecified atom stereocenters. The number of hydrogen-bond acceptors (Lipinski definition) is 3. The molecule has 2 aromatic carbocycles. The highest BCUT2D eigenvalue weighted by Gasteiger charge is 2.08. The van der Waals surface area contributed by atoms with Crippen LogP contribution in [0.1, 0.15) is 17.3 Å². The Morgan fingerprint density at radius 3 is 2.33 bits per heavy atom. The summed E-state index contributed by atoms with van der Waals surface area (Å²) in [6.45, 7) is 1.42. The first-order valence-electron chi connectivity index (χ1n) is 6.20. The minimum atomic E-state index is -0.308. The normalized spacial score (nSPS) is 10.0. The molecule has 2 amide bonds. The Morgan fingerprint density at radius 2 is 1.71 bits per heavy atom. The Kier molecular flexibility index (Phi) is 4.45. The van der Waals surface area contributed by atoms with Gasteiger partial charge < -0.3 is 16.4 Å². The fourth-order valence-electron chi connectivity index (χ4n) is 1.75. The largest absolute Gasteiger partial charge is 0.398 e. The van der Waals surface area contributed by atoms with Gasteiger partial charge in [0.25, 0.3) is 5.91 Å². The molecule has 0 atom stereocenters. The van der Waals surface area contributed by atoms with Crippen molar-refractivity contribution < 1.29 is 9.59 Å². The third kappa shape index (κ3) is 3.97. The van der Waals surface area contributed by atoms with Crippen molar-refractivity contribution in [2.24, 2.45) is 0 Å². The third-order valence-corrected chi connectivity index (χ3v) is 3.03. The number of anilines is 3. The van der Waals surface area contributed by atoms with Gasteiger partial charge >= 0.3 is 0 Å². The average Bonchev–Trinajstić information content (AvgIpc) is 2.41. The summed E-state index contributed by atoms with van der Waals surface area (Å²) in [5, 5.41) is 5.70. The van der Waals surface area contributed by atoms with Crippen molar-refractivity contribution in [2.75, 3.05) is 16.4 Å². The SMILES string of the molecule is CC(=O)Nc1cccc(NC(=O)c2ccc(N)c(Cl)c2)c1. The fraction of sp³-hybridized carbons (Fsp3) is 0.0667. The number of carbonyl (C=O) groups excluding carboxylic acids is 2. The van der Waals surface area contributed by atoms with E-state index in [9.17, 15) is 9.59 Å². The maximum atomic E-state index is 12.1. The topological polar surface area (TPSA) is 84.2 Å². The molecule has 21 heavy (non-hydrogen) atoms. The number of carbonyl (C=O) groups is 2. The molecule has 0 radical (unpaired) electrons. The van der Waals surface area contributed by atoms with Crippen LogP contribution >= 0.6 is 11.6 Å². The van der Waals surface area contributed by atoms with Gasteiger partial charge in [0.2, 0.25) is 5.91 Å². The first-order valence-corrected chi connectivity index (χ1v) is 6.57. The van der Waals surface area contributed by atoms with Crippen LogP contribution in [-0.4, -0.2) is 11.8 Å². The van der Waals surface area contributed by atoms with Crippen LogP contribution in [0.2, 0.25) is 5.02 Å². The first kappa shape index (κ1) is 14.9. The number of rotatable bonds is 3. The number of benzene rings is 2. The van der Waals surface area contributed by atoms with Gasteiger partial charge in [-0.05, 0) is 36.4 Å². The molecule has 4 N–H and O–H groups in total. The van der Waals surface area contributed by atoms with E-state index in [4.69, 9.17) is 17.3 Å². The van der Waals surface area contributed by atoms with Crippen LogP contribution in [0.4, 0.5) is 17.1 Å². The van der Waals surface area contributed by atoms with Gasteiger partial charge in [-0.2, -0.15) is 0 Å². The van der Waals surface area contributed by atoms with Gasteiger partial charge in [-0.1, -0.05) is 17.7 Å². The summed E-state index contributed by atoms with van der Waals surface area (Å²) in [6, 6.07) is 11.5. The van der Waals surface area contributed by atoms with E-state index < -0.39 is 0 Å². The number of hydrogen-bond donors (Lipinski definition) is 3. The summed E-state index contributed by atoms with van der Waals surface area (Å²) in [6.07, 6.45) is 0. The molecule has 108 valence electrons. The van der Waals surface area contributed by atoms with Gasteiger partial charge in [-0.3, -0.25) is 9.59 Å². The van der Waals surface area contributed by atoms with E-state index in [1.165, 1.54) is 13.0 Å². The predicted octanol–water partition coefficient (Wildman–Crippen LogP) is 3.13. The summed E-state index contributed by atoms with van der Waals surface area (Å²) in [5.41, 5.74) is 7.60. The van der Waals surface area contributed by atoms with Gasteiger partial charge in [-0.15, -0.1) is 0 Å². The monoisotopic (exact) mass is 303 g/mol. The highest BCUT2D eigenvalue weighted by molar-refractivity contribution is 6.33. The summed E-state index contributed by atoms with van der Waals surface area (Å²) in [5.74, 6) is -0.485. The molecule has 0 aliphatic rings. The van der Waals surface area contributed by atoms with Crippen molar-refractivity contribution in [2.45, 2.75) is 6.92 Å². The number of nitrogens with one attached hydrogen (secondary N) is 2. The van der Waals surface area contributed by atoms with E-state index in [1.54, 1.807) is 36.4 Å². The fourth-order valence-corrected chi connectivity index (χ4v) is 1.93. The molecular formula is C15H14ClN3O2. The summed E-state index contributed by atoms with van der Waals surface area (Å²) in [7, 11) is 0. The number of halogens is 1. The predicted molar refractivity (Wildman–Crippen MR) is 84.6 cm³/mol. The van der Waals surface area contributed by atoms with Gasteiger partial charge in [0.05, 0.1) is 10.7 Å². The minimum Gasteiger partial charge on any atom is -0.398 e. The van der Waals surface area contributed by atoms with Crippen LogP contribution in [0.15, 0.2) is 42.5 Å². The van der Waals surface area contributed by atoms with E-state index in [0.717, 1.165) is 0 Å². The van der Waals surface area contributed by atoms with Crippen molar-refractivity contribution in [1.29, 1.82) is 0 Å². The van der Waals surface area contributed by atoms with Crippen molar-refractivity contribution in [3.05, 3.63) is 53.1 Å². The zero-order chi connectivity index (χ0) is 15.4. The maximum Gasteiger partial charge on any atom is 0.255 e. The van der Waals surface area contributed by atoms with E-state index in [1.807, 2.05) is 0 Å². The van der Waals surface area contributed by atoms with E-state index in [2.05, 4.69) is 10.6 Å². The van der Waals surface area contributed by atoms with E-state index in [0.29, 0.717) is 27.6 Å². The molecule has 0 saturated heterocycles. The second-order valence-corrected chi connectivity index (χ2v) is 4.86. The molecule has 0 aliphatic heterocycles. The average molecular weight is 304 g/mol. The van der Waals surface area contributed by atoms with Crippen LogP contribution < -0.4 is 16.4 Å². The smallest absolute Gasteiger partial charge is 0.255 e. The van der Waals surface area contributed by atoms with Gasteiger partial charge in [0, 0.05) is 23.9 Å². The Morgan fingerprint density at radius 1 is 1.05 bits per heavy atom. The van der Waals surface area contributed by atoms with Crippen LogP contribution in [0, 0.1) is 0 Å². The Bertz CT molecular complexity index is 701. The molecule has 5 nitrogen and oxygen atoms in total. The molecule has 0 saturated carbocycles. The lowest BCUT2D eigenvalue weighted by Gasteiger charge is -2.08. The summed E-state index contributed by atoms with van der Waals surface area (Å²) >= 11 is 5.89.